The molecule has 27 heavy (non-hydrogen) atoms. The van der Waals surface area contributed by atoms with Gasteiger partial charge in [0.05, 0.1) is 25.7 Å². The van der Waals surface area contributed by atoms with Crippen molar-refractivity contribution in [1.29, 1.82) is 0 Å². The number of aryl methyl sites for hydroxylation is 1. The number of rotatable bonds is 7. The Bertz CT molecular complexity index is 927. The van der Waals surface area contributed by atoms with E-state index in [2.05, 4.69) is 20.8 Å². The molecule has 2 aromatic carbocycles. The number of benzene rings is 2. The van der Waals surface area contributed by atoms with Crippen LogP contribution >= 0.6 is 11.8 Å². The van der Waals surface area contributed by atoms with E-state index in [9.17, 15) is 4.79 Å². The molecule has 1 N–H and O–H groups in total. The van der Waals surface area contributed by atoms with E-state index in [-0.39, 0.29) is 11.7 Å². The monoisotopic (exact) mass is 385 g/mol. The molecule has 1 amide bonds. The summed E-state index contributed by atoms with van der Waals surface area (Å²) in [6, 6.07) is 12.8. The number of nitrogens with one attached hydrogen (secondary N) is 1. The van der Waals surface area contributed by atoms with Crippen LogP contribution in [0.3, 0.4) is 0 Å². The van der Waals surface area contributed by atoms with Crippen molar-refractivity contribution in [3.05, 3.63) is 48.0 Å². The van der Waals surface area contributed by atoms with Crippen LogP contribution in [0.4, 0.5) is 5.69 Å². The van der Waals surface area contributed by atoms with Crippen LogP contribution < -0.4 is 14.8 Å². The maximum atomic E-state index is 12.3. The summed E-state index contributed by atoms with van der Waals surface area (Å²) in [4.78, 5) is 12.3. The first-order valence-corrected chi connectivity index (χ1v) is 9.09. The number of ether oxygens (including phenoxy) is 2. The number of hydrogen-bond acceptors (Lipinski definition) is 7. The number of methoxy groups -OCH3 is 2. The number of nitrogens with zero attached hydrogens (tertiary/aromatic N) is 4. The van der Waals surface area contributed by atoms with Crippen molar-refractivity contribution in [2.75, 3.05) is 25.3 Å². The molecular weight excluding hydrogens is 366 g/mol. The molecular formula is C18H19N5O3S. The van der Waals surface area contributed by atoms with Crippen LogP contribution in [0, 0.1) is 6.92 Å². The van der Waals surface area contributed by atoms with Gasteiger partial charge in [-0.2, -0.15) is 4.68 Å². The van der Waals surface area contributed by atoms with Gasteiger partial charge in [-0.3, -0.25) is 4.79 Å². The van der Waals surface area contributed by atoms with E-state index in [1.807, 2.05) is 43.3 Å². The second kappa shape index (κ2) is 8.54. The topological polar surface area (TPSA) is 91.2 Å². The smallest absolute Gasteiger partial charge is 0.234 e. The van der Waals surface area contributed by atoms with Crippen LogP contribution in [0.2, 0.25) is 0 Å². The maximum absolute atomic E-state index is 12.3. The van der Waals surface area contributed by atoms with Gasteiger partial charge in [-0.15, -0.1) is 5.10 Å². The first-order chi connectivity index (χ1) is 13.1. The molecule has 0 spiro atoms. The van der Waals surface area contributed by atoms with E-state index >= 15 is 0 Å². The fourth-order valence-electron chi connectivity index (χ4n) is 2.37. The first-order valence-electron chi connectivity index (χ1n) is 8.11. The van der Waals surface area contributed by atoms with Crippen molar-refractivity contribution < 1.29 is 14.3 Å². The molecule has 0 aliphatic heterocycles. The van der Waals surface area contributed by atoms with Gasteiger partial charge in [-0.05, 0) is 65.4 Å². The Morgan fingerprint density at radius 2 is 1.81 bits per heavy atom. The van der Waals surface area contributed by atoms with E-state index in [1.54, 1.807) is 25.0 Å². The summed E-state index contributed by atoms with van der Waals surface area (Å²) in [5.74, 6) is 1.54. The minimum absolute atomic E-state index is 0.141. The van der Waals surface area contributed by atoms with E-state index < -0.39 is 0 Å². The number of tetrazole rings is 1. The predicted molar refractivity (Wildman–Crippen MR) is 103 cm³/mol. The van der Waals surface area contributed by atoms with Gasteiger partial charge in [0.1, 0.15) is 11.5 Å². The number of hydrogen-bond donors (Lipinski definition) is 1. The van der Waals surface area contributed by atoms with Gasteiger partial charge in [0.15, 0.2) is 0 Å². The SMILES string of the molecule is COc1ccc(-n2nnnc2SCC(=O)Nc2ccc(OC)cc2C)cc1. The van der Waals surface area contributed by atoms with Gasteiger partial charge in [-0.25, -0.2) is 0 Å². The Labute approximate surface area is 160 Å². The Hall–Kier alpha value is -3.07. The molecule has 0 fully saturated rings. The maximum Gasteiger partial charge on any atom is 0.234 e. The number of anilines is 1. The molecule has 8 nitrogen and oxygen atoms in total. The van der Waals surface area contributed by atoms with Crippen molar-refractivity contribution in [3.63, 3.8) is 0 Å². The number of thioether (sulfide) groups is 1. The van der Waals surface area contributed by atoms with Gasteiger partial charge >= 0.3 is 0 Å². The molecule has 3 rings (SSSR count). The fraction of sp³-hybridized carbons (Fsp3) is 0.222. The molecule has 0 aliphatic rings. The molecule has 0 aliphatic carbocycles. The van der Waals surface area contributed by atoms with Gasteiger partial charge in [-0.1, -0.05) is 11.8 Å². The lowest BCUT2D eigenvalue weighted by molar-refractivity contribution is -0.113. The number of carbonyl (C=O) groups is 1. The third-order valence-electron chi connectivity index (χ3n) is 3.80. The normalized spacial score (nSPS) is 10.5. The lowest BCUT2D eigenvalue weighted by Gasteiger charge is -2.10. The average Bonchev–Trinajstić information content (AvgIpc) is 3.16. The molecule has 0 saturated carbocycles. The van der Waals surface area contributed by atoms with E-state index in [1.165, 1.54) is 11.8 Å². The molecule has 0 atom stereocenters. The summed E-state index contributed by atoms with van der Waals surface area (Å²) in [5.41, 5.74) is 2.46. The summed E-state index contributed by atoms with van der Waals surface area (Å²) in [6.07, 6.45) is 0. The minimum Gasteiger partial charge on any atom is -0.497 e. The highest BCUT2D eigenvalue weighted by molar-refractivity contribution is 7.99. The standard InChI is InChI=1S/C18H19N5O3S/c1-12-10-15(26-3)8-9-16(12)19-17(24)11-27-18-20-21-22-23(18)13-4-6-14(25-2)7-5-13/h4-10H,11H2,1-3H3,(H,19,24). The average molecular weight is 385 g/mol. The molecule has 9 heteroatoms. The first kappa shape index (κ1) is 18.7. The third kappa shape index (κ3) is 4.56. The Morgan fingerprint density at radius 3 is 2.48 bits per heavy atom. The molecule has 1 heterocycles. The zero-order valence-electron chi connectivity index (χ0n) is 15.2. The third-order valence-corrected chi connectivity index (χ3v) is 4.72. The number of aromatic nitrogens is 4. The van der Waals surface area contributed by atoms with Crippen LogP contribution in [0.15, 0.2) is 47.6 Å². The van der Waals surface area contributed by atoms with Gasteiger partial charge in [0, 0.05) is 5.69 Å². The van der Waals surface area contributed by atoms with Crippen molar-refractivity contribution in [1.82, 2.24) is 20.2 Å². The van der Waals surface area contributed by atoms with Crippen LogP contribution in [0.5, 0.6) is 11.5 Å². The van der Waals surface area contributed by atoms with Crippen molar-refractivity contribution >= 4 is 23.4 Å². The summed E-state index contributed by atoms with van der Waals surface area (Å²) in [5, 5.41) is 15.1. The molecule has 0 radical (unpaired) electrons. The zero-order chi connectivity index (χ0) is 19.2. The van der Waals surface area contributed by atoms with Crippen LogP contribution in [0.25, 0.3) is 5.69 Å². The molecule has 3 aromatic rings. The summed E-state index contributed by atoms with van der Waals surface area (Å²) in [6.45, 7) is 1.91. The molecule has 0 saturated heterocycles. The van der Waals surface area contributed by atoms with E-state index in [0.29, 0.717) is 5.16 Å². The van der Waals surface area contributed by atoms with Crippen LogP contribution in [-0.4, -0.2) is 46.1 Å². The second-order valence-corrected chi connectivity index (χ2v) is 6.53. The Morgan fingerprint density at radius 1 is 1.11 bits per heavy atom. The predicted octanol–water partition coefficient (Wildman–Crippen LogP) is 2.72. The number of amides is 1. The number of carbonyl (C=O) groups excluding carboxylic acids is 1. The zero-order valence-corrected chi connectivity index (χ0v) is 16.0. The van der Waals surface area contributed by atoms with E-state index in [4.69, 9.17) is 9.47 Å². The summed E-state index contributed by atoms with van der Waals surface area (Å²) >= 11 is 1.26. The van der Waals surface area contributed by atoms with E-state index in [0.717, 1.165) is 28.4 Å². The molecule has 140 valence electrons. The minimum atomic E-state index is -0.141. The Kier molecular flexibility index (Phi) is 5.92. The quantitative estimate of drug-likeness (QED) is 0.625. The van der Waals surface area contributed by atoms with Crippen molar-refractivity contribution in [2.45, 2.75) is 12.1 Å². The Balaban J connectivity index is 1.63. The lowest BCUT2D eigenvalue weighted by Crippen LogP contribution is -2.15. The summed E-state index contributed by atoms with van der Waals surface area (Å²) in [7, 11) is 3.22. The van der Waals surface area contributed by atoms with Crippen molar-refractivity contribution in [3.8, 4) is 17.2 Å². The largest absolute Gasteiger partial charge is 0.497 e. The van der Waals surface area contributed by atoms with Crippen LogP contribution in [-0.2, 0) is 4.79 Å². The molecule has 0 bridgehead atoms. The summed E-state index contributed by atoms with van der Waals surface area (Å²) < 4.78 is 11.9. The van der Waals surface area contributed by atoms with Gasteiger partial charge in [0.25, 0.3) is 0 Å². The van der Waals surface area contributed by atoms with Crippen LogP contribution in [0.1, 0.15) is 5.56 Å². The van der Waals surface area contributed by atoms with Gasteiger partial charge in [0.2, 0.25) is 11.1 Å². The van der Waals surface area contributed by atoms with Gasteiger partial charge < -0.3 is 14.8 Å². The van der Waals surface area contributed by atoms with Crippen molar-refractivity contribution in [2.24, 2.45) is 0 Å². The fourth-order valence-corrected chi connectivity index (χ4v) is 3.06. The molecule has 0 unspecified atom stereocenters. The highest BCUT2D eigenvalue weighted by atomic mass is 32.2. The second-order valence-electron chi connectivity index (χ2n) is 5.59. The lowest BCUT2D eigenvalue weighted by atomic mass is 10.2. The molecule has 1 aromatic heterocycles. The highest BCUT2D eigenvalue weighted by Crippen LogP contribution is 2.23. The highest BCUT2D eigenvalue weighted by Gasteiger charge is 2.12.